The van der Waals surface area contributed by atoms with Gasteiger partial charge in [0.25, 0.3) is 0 Å². The van der Waals surface area contributed by atoms with E-state index < -0.39 is 5.54 Å². The van der Waals surface area contributed by atoms with Gasteiger partial charge >= 0.3 is 0 Å². The van der Waals surface area contributed by atoms with E-state index in [1.807, 2.05) is 18.2 Å². The third kappa shape index (κ3) is 4.75. The third-order valence-corrected chi connectivity index (χ3v) is 7.68. The highest BCUT2D eigenvalue weighted by Gasteiger charge is 2.61. The first-order valence-electron chi connectivity index (χ1n) is 11.6. The minimum atomic E-state index is -0.611. The predicted molar refractivity (Wildman–Crippen MR) is 126 cm³/mol. The van der Waals surface area contributed by atoms with Crippen molar-refractivity contribution in [2.45, 2.75) is 63.3 Å². The molecule has 1 heterocycles. The maximum atomic E-state index is 14.6. The first-order valence-corrected chi connectivity index (χ1v) is 11.6. The fourth-order valence-corrected chi connectivity index (χ4v) is 5.40. The van der Waals surface area contributed by atoms with Crippen LogP contribution in [0, 0.1) is 11.2 Å². The summed E-state index contributed by atoms with van der Waals surface area (Å²) in [5.74, 6) is 0.00592. The lowest BCUT2D eigenvalue weighted by Gasteiger charge is -2.30. The average Bonchev–Trinajstić information content (AvgIpc) is 3.18. The summed E-state index contributed by atoms with van der Waals surface area (Å²) in [5.41, 5.74) is 1.25. The van der Waals surface area contributed by atoms with Crippen LogP contribution in [0.1, 0.15) is 57.1 Å². The van der Waals surface area contributed by atoms with Crippen LogP contribution in [0.2, 0.25) is 0 Å². The Hall–Kier alpha value is -2.89. The van der Waals surface area contributed by atoms with Crippen LogP contribution in [0.4, 0.5) is 4.39 Å². The van der Waals surface area contributed by atoms with Crippen molar-refractivity contribution in [2.75, 3.05) is 13.7 Å². The van der Waals surface area contributed by atoms with Gasteiger partial charge < -0.3 is 15.4 Å². The van der Waals surface area contributed by atoms with Crippen molar-refractivity contribution >= 4 is 11.8 Å². The number of carbonyl (C=O) groups is 2. The van der Waals surface area contributed by atoms with Crippen molar-refractivity contribution < 1.29 is 18.7 Å². The van der Waals surface area contributed by atoms with E-state index in [4.69, 9.17) is 4.74 Å². The van der Waals surface area contributed by atoms with Crippen molar-refractivity contribution in [3.63, 3.8) is 0 Å². The summed E-state index contributed by atoms with van der Waals surface area (Å²) in [6.45, 7) is 5.06. The Morgan fingerprint density at radius 1 is 1.18 bits per heavy atom. The molecule has 1 saturated heterocycles. The number of carbonyl (C=O) groups excluding carboxylic acids is 2. The zero-order valence-electron chi connectivity index (χ0n) is 19.7. The lowest BCUT2D eigenvalue weighted by atomic mass is 9.84. The number of hydrogen-bond acceptors (Lipinski definition) is 3. The molecule has 176 valence electrons. The van der Waals surface area contributed by atoms with Gasteiger partial charge in [-0.1, -0.05) is 50.2 Å². The Morgan fingerprint density at radius 2 is 1.91 bits per heavy atom. The second-order valence-electron chi connectivity index (χ2n) is 10.2. The lowest BCUT2D eigenvalue weighted by molar-refractivity contribution is -0.122. The Bertz CT molecular complexity index is 1040. The van der Waals surface area contributed by atoms with Crippen LogP contribution in [0.5, 0.6) is 5.75 Å². The summed E-state index contributed by atoms with van der Waals surface area (Å²) in [7, 11) is 1.50. The first-order chi connectivity index (χ1) is 15.7. The highest BCUT2D eigenvalue weighted by atomic mass is 19.1. The topological polar surface area (TPSA) is 67.4 Å². The molecule has 0 bridgehead atoms. The van der Waals surface area contributed by atoms with Crippen LogP contribution in [0.3, 0.4) is 0 Å². The number of methoxy groups -OCH3 is 1. The number of halogens is 1. The van der Waals surface area contributed by atoms with Gasteiger partial charge in [0.05, 0.1) is 7.11 Å². The van der Waals surface area contributed by atoms with Gasteiger partial charge in [-0.25, -0.2) is 4.39 Å². The van der Waals surface area contributed by atoms with Gasteiger partial charge in [-0.2, -0.15) is 0 Å². The molecular weight excluding hydrogens is 419 g/mol. The number of rotatable bonds is 9. The van der Waals surface area contributed by atoms with Crippen LogP contribution in [-0.2, 0) is 21.4 Å². The molecule has 33 heavy (non-hydrogen) atoms. The summed E-state index contributed by atoms with van der Waals surface area (Å²) < 4.78 is 19.7. The summed E-state index contributed by atoms with van der Waals surface area (Å²) in [6, 6.07) is 15.1. The fraction of sp³-hybridized carbons (Fsp3) is 0.481. The highest BCUT2D eigenvalue weighted by molar-refractivity contribution is 5.80. The van der Waals surface area contributed by atoms with E-state index in [1.165, 1.54) is 18.7 Å². The molecule has 1 aliphatic carbocycles. The van der Waals surface area contributed by atoms with Crippen molar-refractivity contribution in [3.8, 4) is 5.75 Å². The van der Waals surface area contributed by atoms with E-state index >= 15 is 0 Å². The van der Waals surface area contributed by atoms with Gasteiger partial charge in [0.1, 0.15) is 11.6 Å². The van der Waals surface area contributed by atoms with E-state index in [9.17, 15) is 14.0 Å². The number of hydrogen-bond donors (Lipinski definition) is 2. The Balaban J connectivity index is 1.39. The molecule has 2 aromatic rings. The number of nitrogens with one attached hydrogen (secondary N) is 2. The molecule has 1 saturated carbocycles. The van der Waals surface area contributed by atoms with Crippen LogP contribution in [-0.4, -0.2) is 31.0 Å². The molecule has 5 nitrogen and oxygen atoms in total. The fourth-order valence-electron chi connectivity index (χ4n) is 5.40. The van der Waals surface area contributed by atoms with Gasteiger partial charge in [-0.3, -0.25) is 9.59 Å². The second kappa shape index (κ2) is 8.81. The monoisotopic (exact) mass is 452 g/mol. The maximum absolute atomic E-state index is 14.6. The van der Waals surface area contributed by atoms with Crippen molar-refractivity contribution in [3.05, 3.63) is 65.5 Å². The molecule has 4 rings (SSSR count). The van der Waals surface area contributed by atoms with Crippen LogP contribution >= 0.6 is 0 Å². The van der Waals surface area contributed by atoms with E-state index in [0.29, 0.717) is 43.5 Å². The summed E-state index contributed by atoms with van der Waals surface area (Å²) in [5, 5.41) is 6.17. The molecule has 2 N–H and O–H groups in total. The predicted octanol–water partition coefficient (Wildman–Crippen LogP) is 4.29. The Morgan fingerprint density at radius 3 is 2.48 bits per heavy atom. The standard InChI is InChI=1S/C27H33FN2O3/c1-25(2)17-27(25,20-7-5-4-6-8-20)18-29-23(31)11-13-26(14-12-24(32)30-26)16-19-9-10-21(33-3)15-22(19)28/h4-10,15H,11-14,16-18H2,1-3H3,(H,29,31)(H,30,32)/t26-,27-/m0/s1. The van der Waals surface area contributed by atoms with Crippen molar-refractivity contribution in [2.24, 2.45) is 5.41 Å². The van der Waals surface area contributed by atoms with Crippen molar-refractivity contribution in [1.29, 1.82) is 0 Å². The maximum Gasteiger partial charge on any atom is 0.220 e. The largest absolute Gasteiger partial charge is 0.497 e. The molecule has 0 spiro atoms. The summed E-state index contributed by atoms with van der Waals surface area (Å²) >= 11 is 0. The van der Waals surface area contributed by atoms with Gasteiger partial charge in [-0.05, 0) is 48.3 Å². The molecule has 2 fully saturated rings. The summed E-state index contributed by atoms with van der Waals surface area (Å²) in [4.78, 5) is 24.9. The Labute approximate surface area is 195 Å². The average molecular weight is 453 g/mol. The van der Waals surface area contributed by atoms with E-state index in [2.05, 4.69) is 36.6 Å². The minimum Gasteiger partial charge on any atom is -0.497 e. The van der Waals surface area contributed by atoms with Crippen LogP contribution < -0.4 is 15.4 Å². The van der Waals surface area contributed by atoms with Gasteiger partial charge in [-0.15, -0.1) is 0 Å². The van der Waals surface area contributed by atoms with Gasteiger partial charge in [0.2, 0.25) is 11.8 Å². The zero-order valence-corrected chi connectivity index (χ0v) is 19.7. The first kappa shape index (κ1) is 23.3. The zero-order chi connectivity index (χ0) is 23.7. The molecule has 0 aromatic heterocycles. The molecule has 6 heteroatoms. The molecule has 1 aliphatic heterocycles. The quantitative estimate of drug-likeness (QED) is 0.597. The van der Waals surface area contributed by atoms with E-state index in [-0.39, 0.29) is 34.9 Å². The molecule has 2 atom stereocenters. The second-order valence-corrected chi connectivity index (χ2v) is 10.2. The molecule has 0 radical (unpaired) electrons. The minimum absolute atomic E-state index is 0.0382. The molecule has 2 aliphatic rings. The van der Waals surface area contributed by atoms with E-state index in [0.717, 1.165) is 6.42 Å². The van der Waals surface area contributed by atoms with E-state index in [1.54, 1.807) is 12.1 Å². The Kier molecular flexibility index (Phi) is 6.21. The number of ether oxygens (including phenoxy) is 1. The van der Waals surface area contributed by atoms with Gasteiger partial charge in [0.15, 0.2) is 0 Å². The number of benzene rings is 2. The lowest BCUT2D eigenvalue weighted by Crippen LogP contribution is -2.45. The molecule has 2 aromatic carbocycles. The molecule has 2 amide bonds. The normalized spacial score (nSPS) is 25.4. The highest BCUT2D eigenvalue weighted by Crippen LogP contribution is 2.63. The van der Waals surface area contributed by atoms with Crippen LogP contribution in [0.15, 0.2) is 48.5 Å². The van der Waals surface area contributed by atoms with Crippen LogP contribution in [0.25, 0.3) is 0 Å². The SMILES string of the molecule is COc1ccc(C[C@]2(CCC(=O)NC[C@]3(c4ccccc4)CC3(C)C)CCC(=O)N2)c(F)c1. The van der Waals surface area contributed by atoms with Gasteiger partial charge in [0, 0.05) is 36.4 Å². The summed E-state index contributed by atoms with van der Waals surface area (Å²) in [6.07, 6.45) is 3.11. The molecular formula is C27H33FN2O3. The van der Waals surface area contributed by atoms with Crippen molar-refractivity contribution in [1.82, 2.24) is 10.6 Å². The smallest absolute Gasteiger partial charge is 0.220 e. The number of amides is 2. The third-order valence-electron chi connectivity index (χ3n) is 7.68. The molecule has 0 unspecified atom stereocenters.